The fraction of sp³-hybridized carbons (Fsp3) is 0.400. The van der Waals surface area contributed by atoms with Gasteiger partial charge in [-0.15, -0.1) is 0 Å². The Hall–Kier alpha value is -3.20. The highest BCUT2D eigenvalue weighted by Gasteiger charge is 2.23. The van der Waals surface area contributed by atoms with Crippen molar-refractivity contribution in [2.75, 3.05) is 13.6 Å². The van der Waals surface area contributed by atoms with Crippen LogP contribution in [-0.4, -0.2) is 49.2 Å². The summed E-state index contributed by atoms with van der Waals surface area (Å²) in [6.45, 7) is 0.957. The molecule has 9 heteroatoms. The molecule has 3 aromatic rings. The first-order chi connectivity index (χ1) is 13.9. The van der Waals surface area contributed by atoms with Crippen molar-refractivity contribution in [2.24, 2.45) is 14.1 Å². The molecule has 29 heavy (non-hydrogen) atoms. The minimum atomic E-state index is -0.469. The number of likely N-dealkylation sites (N-methyl/N-ethyl adjacent to an activating group) is 1. The van der Waals surface area contributed by atoms with E-state index in [0.29, 0.717) is 13.2 Å². The molecule has 1 atom stereocenters. The average molecular weight is 397 g/mol. The molecule has 0 bridgehead atoms. The molecule has 1 aliphatic heterocycles. The zero-order valence-corrected chi connectivity index (χ0v) is 16.7. The van der Waals surface area contributed by atoms with Crippen molar-refractivity contribution >= 4 is 17.1 Å². The molecule has 0 saturated heterocycles. The summed E-state index contributed by atoms with van der Waals surface area (Å²) >= 11 is 0. The Balaban J connectivity index is 1.50. The molecule has 0 radical (unpaired) electrons. The number of ether oxygens (including phenoxy) is 1. The van der Waals surface area contributed by atoms with Gasteiger partial charge in [-0.2, -0.15) is 0 Å². The number of rotatable bonds is 4. The van der Waals surface area contributed by atoms with Crippen molar-refractivity contribution in [2.45, 2.75) is 25.7 Å². The van der Waals surface area contributed by atoms with Gasteiger partial charge in [-0.05, 0) is 11.1 Å². The summed E-state index contributed by atoms with van der Waals surface area (Å²) in [6, 6.07) is 8.14. The third-order valence-electron chi connectivity index (χ3n) is 5.47. The molecule has 152 valence electrons. The number of aryl methyl sites for hydroxylation is 1. The lowest BCUT2D eigenvalue weighted by Gasteiger charge is -2.29. The van der Waals surface area contributed by atoms with Crippen LogP contribution in [0.25, 0.3) is 11.2 Å². The Kier molecular flexibility index (Phi) is 4.83. The van der Waals surface area contributed by atoms with Crippen LogP contribution < -0.4 is 11.2 Å². The zero-order chi connectivity index (χ0) is 20.7. The molecular weight excluding hydrogens is 374 g/mol. The number of carbonyl (C=O) groups excluding carboxylic acids is 1. The highest BCUT2D eigenvalue weighted by Crippen LogP contribution is 2.20. The van der Waals surface area contributed by atoms with Gasteiger partial charge in [-0.25, -0.2) is 9.78 Å². The van der Waals surface area contributed by atoms with E-state index in [2.05, 4.69) is 17.1 Å². The number of hydrogen-bond donors (Lipinski definition) is 0. The predicted molar refractivity (Wildman–Crippen MR) is 107 cm³/mol. The molecule has 0 spiro atoms. The standard InChI is InChI=1S/C20H23N5O4/c1-22(9-15-8-13-6-4-5-7-14(13)11-29-15)16(26)10-25-12-21-18-17(25)19(27)24(3)20(28)23(18)2/h4-7,12,15H,8-11H2,1-3H3/t15-/m0/s1. The molecule has 1 aromatic carbocycles. The number of aromatic nitrogens is 4. The summed E-state index contributed by atoms with van der Waals surface area (Å²) in [5.74, 6) is -0.164. The first kappa shape index (κ1) is 19.1. The van der Waals surface area contributed by atoms with E-state index in [1.807, 2.05) is 12.1 Å². The van der Waals surface area contributed by atoms with Crippen LogP contribution >= 0.6 is 0 Å². The maximum absolute atomic E-state index is 12.8. The van der Waals surface area contributed by atoms with Crippen molar-refractivity contribution in [1.29, 1.82) is 0 Å². The normalized spacial score (nSPS) is 16.0. The Morgan fingerprint density at radius 1 is 1.21 bits per heavy atom. The third kappa shape index (κ3) is 3.38. The number of imidazole rings is 1. The number of fused-ring (bicyclic) bond motifs is 2. The van der Waals surface area contributed by atoms with Gasteiger partial charge in [0.25, 0.3) is 5.56 Å². The largest absolute Gasteiger partial charge is 0.371 e. The molecule has 0 aliphatic carbocycles. The average Bonchev–Trinajstić information content (AvgIpc) is 3.14. The van der Waals surface area contributed by atoms with Gasteiger partial charge in [0, 0.05) is 34.1 Å². The molecule has 0 N–H and O–H groups in total. The molecule has 9 nitrogen and oxygen atoms in total. The lowest BCUT2D eigenvalue weighted by Crippen LogP contribution is -2.40. The lowest BCUT2D eigenvalue weighted by atomic mass is 9.99. The van der Waals surface area contributed by atoms with Gasteiger partial charge in [-0.1, -0.05) is 24.3 Å². The minimum Gasteiger partial charge on any atom is -0.371 e. The van der Waals surface area contributed by atoms with Crippen LogP contribution in [0.5, 0.6) is 0 Å². The molecule has 1 amide bonds. The highest BCUT2D eigenvalue weighted by atomic mass is 16.5. The van der Waals surface area contributed by atoms with Crippen molar-refractivity contribution in [3.05, 3.63) is 62.6 Å². The quantitative estimate of drug-likeness (QED) is 0.620. The second kappa shape index (κ2) is 7.32. The second-order valence-corrected chi connectivity index (χ2v) is 7.43. The lowest BCUT2D eigenvalue weighted by molar-refractivity contribution is -0.132. The second-order valence-electron chi connectivity index (χ2n) is 7.43. The van der Waals surface area contributed by atoms with Crippen molar-refractivity contribution in [3.8, 4) is 0 Å². The van der Waals surface area contributed by atoms with Crippen LogP contribution in [0, 0.1) is 0 Å². The summed E-state index contributed by atoms with van der Waals surface area (Å²) in [5.41, 5.74) is 2.01. The van der Waals surface area contributed by atoms with E-state index in [4.69, 9.17) is 4.74 Å². The summed E-state index contributed by atoms with van der Waals surface area (Å²) in [4.78, 5) is 43.1. The summed E-state index contributed by atoms with van der Waals surface area (Å²) < 4.78 is 9.70. The van der Waals surface area contributed by atoms with Crippen LogP contribution in [0.4, 0.5) is 0 Å². The minimum absolute atomic E-state index is 0.0379. The Bertz CT molecular complexity index is 1210. The molecule has 0 unspecified atom stereocenters. The molecule has 4 rings (SSSR count). The molecule has 0 saturated carbocycles. The third-order valence-corrected chi connectivity index (χ3v) is 5.47. The van der Waals surface area contributed by atoms with Crippen molar-refractivity contribution in [1.82, 2.24) is 23.6 Å². The molecule has 1 aliphatic rings. The van der Waals surface area contributed by atoms with Crippen LogP contribution in [0.1, 0.15) is 11.1 Å². The Morgan fingerprint density at radius 2 is 1.93 bits per heavy atom. The number of carbonyl (C=O) groups is 1. The Morgan fingerprint density at radius 3 is 2.69 bits per heavy atom. The fourth-order valence-corrected chi connectivity index (χ4v) is 3.72. The van der Waals surface area contributed by atoms with E-state index in [9.17, 15) is 14.4 Å². The van der Waals surface area contributed by atoms with Crippen LogP contribution in [0.2, 0.25) is 0 Å². The van der Waals surface area contributed by atoms with E-state index in [-0.39, 0.29) is 29.7 Å². The number of benzene rings is 1. The van der Waals surface area contributed by atoms with Gasteiger partial charge < -0.3 is 14.2 Å². The van der Waals surface area contributed by atoms with Gasteiger partial charge >= 0.3 is 5.69 Å². The topological polar surface area (TPSA) is 91.4 Å². The van der Waals surface area contributed by atoms with Gasteiger partial charge in [-0.3, -0.25) is 18.7 Å². The summed E-state index contributed by atoms with van der Waals surface area (Å²) in [5, 5.41) is 0. The number of amides is 1. The highest BCUT2D eigenvalue weighted by molar-refractivity contribution is 5.78. The maximum atomic E-state index is 12.8. The van der Waals surface area contributed by atoms with E-state index >= 15 is 0 Å². The number of hydrogen-bond acceptors (Lipinski definition) is 5. The first-order valence-electron chi connectivity index (χ1n) is 9.40. The predicted octanol–water partition coefficient (Wildman–Crippen LogP) is 0.0336. The molecule has 2 aromatic heterocycles. The van der Waals surface area contributed by atoms with Crippen LogP contribution in [0.15, 0.2) is 40.2 Å². The van der Waals surface area contributed by atoms with Gasteiger partial charge in [0.1, 0.15) is 6.54 Å². The van der Waals surface area contributed by atoms with Crippen LogP contribution in [-0.2, 0) is 43.2 Å². The van der Waals surface area contributed by atoms with Crippen molar-refractivity contribution in [3.63, 3.8) is 0 Å². The van der Waals surface area contributed by atoms with E-state index < -0.39 is 11.2 Å². The van der Waals surface area contributed by atoms with Crippen molar-refractivity contribution < 1.29 is 9.53 Å². The summed E-state index contributed by atoms with van der Waals surface area (Å²) in [7, 11) is 4.68. The van der Waals surface area contributed by atoms with Gasteiger partial charge in [0.2, 0.25) is 5.91 Å². The van der Waals surface area contributed by atoms with Gasteiger partial charge in [0.15, 0.2) is 11.2 Å². The van der Waals surface area contributed by atoms with Crippen LogP contribution in [0.3, 0.4) is 0 Å². The van der Waals surface area contributed by atoms with E-state index in [1.165, 1.54) is 33.6 Å². The molecule has 3 heterocycles. The first-order valence-corrected chi connectivity index (χ1v) is 9.40. The van der Waals surface area contributed by atoms with E-state index in [0.717, 1.165) is 11.0 Å². The molecule has 0 fully saturated rings. The summed E-state index contributed by atoms with van der Waals surface area (Å²) in [6.07, 6.45) is 2.10. The fourth-order valence-electron chi connectivity index (χ4n) is 3.72. The maximum Gasteiger partial charge on any atom is 0.332 e. The zero-order valence-electron chi connectivity index (χ0n) is 16.7. The Labute approximate surface area is 166 Å². The molecular formula is C20H23N5O4. The number of nitrogens with zero attached hydrogens (tertiary/aromatic N) is 5. The SMILES string of the molecule is CN(C[C@@H]1Cc2ccccc2CO1)C(=O)Cn1cnc2c1c(=O)n(C)c(=O)n2C. The van der Waals surface area contributed by atoms with Gasteiger partial charge in [0.05, 0.1) is 19.0 Å². The van der Waals surface area contributed by atoms with E-state index in [1.54, 1.807) is 19.0 Å². The smallest absolute Gasteiger partial charge is 0.332 e. The monoisotopic (exact) mass is 397 g/mol.